The van der Waals surface area contributed by atoms with Crippen LogP contribution in [-0.2, 0) is 17.9 Å². The highest BCUT2D eigenvalue weighted by atomic mass is 19.1. The lowest BCUT2D eigenvalue weighted by atomic mass is 10.2. The smallest absolute Gasteiger partial charge is 0.234 e. The summed E-state index contributed by atoms with van der Waals surface area (Å²) in [6.07, 6.45) is 0. The van der Waals surface area contributed by atoms with Crippen LogP contribution >= 0.6 is 0 Å². The molecule has 2 aromatic rings. The van der Waals surface area contributed by atoms with Crippen LogP contribution < -0.4 is 10.5 Å². The van der Waals surface area contributed by atoms with Crippen LogP contribution in [-0.4, -0.2) is 23.9 Å². The maximum Gasteiger partial charge on any atom is 0.234 e. The predicted octanol–water partition coefficient (Wildman–Crippen LogP) is 2.71. The SMILES string of the molecule is CC(C(N)=O)N(C)Cc1ccc(OCc2ccccc2F)cc1. The second kappa shape index (κ2) is 7.74. The molecule has 4 nitrogen and oxygen atoms in total. The molecule has 0 radical (unpaired) electrons. The van der Waals surface area contributed by atoms with E-state index in [9.17, 15) is 9.18 Å². The number of nitrogens with zero attached hydrogens (tertiary/aromatic N) is 1. The van der Waals surface area contributed by atoms with Gasteiger partial charge >= 0.3 is 0 Å². The Balaban J connectivity index is 1.92. The number of nitrogens with two attached hydrogens (primary N) is 1. The van der Waals surface area contributed by atoms with Gasteiger partial charge in [0.1, 0.15) is 18.2 Å². The molecule has 0 spiro atoms. The molecule has 0 aliphatic rings. The Morgan fingerprint density at radius 3 is 2.48 bits per heavy atom. The van der Waals surface area contributed by atoms with Crippen molar-refractivity contribution in [2.75, 3.05) is 7.05 Å². The predicted molar refractivity (Wildman–Crippen MR) is 87.3 cm³/mol. The number of ether oxygens (including phenoxy) is 1. The lowest BCUT2D eigenvalue weighted by Crippen LogP contribution is -2.39. The van der Waals surface area contributed by atoms with Crippen molar-refractivity contribution in [2.45, 2.75) is 26.1 Å². The van der Waals surface area contributed by atoms with Crippen LogP contribution in [0.1, 0.15) is 18.1 Å². The molecule has 2 aromatic carbocycles. The molecule has 0 bridgehead atoms. The summed E-state index contributed by atoms with van der Waals surface area (Å²) >= 11 is 0. The van der Waals surface area contributed by atoms with Gasteiger partial charge in [0.15, 0.2) is 0 Å². The van der Waals surface area contributed by atoms with E-state index in [2.05, 4.69) is 0 Å². The van der Waals surface area contributed by atoms with Gasteiger partial charge in [-0.3, -0.25) is 9.69 Å². The van der Waals surface area contributed by atoms with Crippen molar-refractivity contribution in [3.8, 4) is 5.75 Å². The Labute approximate surface area is 135 Å². The minimum absolute atomic E-state index is 0.185. The summed E-state index contributed by atoms with van der Waals surface area (Å²) in [5.74, 6) is 0.0473. The van der Waals surface area contributed by atoms with Gasteiger partial charge in [0.2, 0.25) is 5.91 Å². The Morgan fingerprint density at radius 1 is 1.22 bits per heavy atom. The van der Waals surface area contributed by atoms with E-state index in [-0.39, 0.29) is 24.4 Å². The summed E-state index contributed by atoms with van der Waals surface area (Å²) in [5, 5.41) is 0. The molecule has 23 heavy (non-hydrogen) atoms. The number of hydrogen-bond donors (Lipinski definition) is 1. The quantitative estimate of drug-likeness (QED) is 0.854. The van der Waals surface area contributed by atoms with Gasteiger partial charge < -0.3 is 10.5 Å². The first-order valence-corrected chi connectivity index (χ1v) is 7.42. The molecule has 0 saturated heterocycles. The van der Waals surface area contributed by atoms with Crippen molar-refractivity contribution in [2.24, 2.45) is 5.73 Å². The van der Waals surface area contributed by atoms with Crippen LogP contribution in [0.5, 0.6) is 5.75 Å². The topological polar surface area (TPSA) is 55.6 Å². The molecular weight excluding hydrogens is 295 g/mol. The van der Waals surface area contributed by atoms with Crippen LogP contribution in [0.15, 0.2) is 48.5 Å². The third kappa shape index (κ3) is 4.79. The average Bonchev–Trinajstić information content (AvgIpc) is 2.54. The fourth-order valence-corrected chi connectivity index (χ4v) is 2.11. The number of halogens is 1. The molecule has 0 aliphatic carbocycles. The molecule has 122 valence electrons. The van der Waals surface area contributed by atoms with Crippen LogP contribution in [0.3, 0.4) is 0 Å². The number of hydrogen-bond acceptors (Lipinski definition) is 3. The molecule has 2 rings (SSSR count). The van der Waals surface area contributed by atoms with E-state index < -0.39 is 0 Å². The van der Waals surface area contributed by atoms with Crippen LogP contribution in [0.25, 0.3) is 0 Å². The first kappa shape index (κ1) is 17.0. The number of likely N-dealkylation sites (N-methyl/N-ethyl adjacent to an activating group) is 1. The summed E-state index contributed by atoms with van der Waals surface area (Å²) in [7, 11) is 1.85. The van der Waals surface area contributed by atoms with Gasteiger partial charge in [-0.25, -0.2) is 4.39 Å². The van der Waals surface area contributed by atoms with Crippen LogP contribution in [0.4, 0.5) is 4.39 Å². The van der Waals surface area contributed by atoms with Crippen molar-refractivity contribution in [1.82, 2.24) is 4.90 Å². The van der Waals surface area contributed by atoms with Gasteiger partial charge in [-0.1, -0.05) is 30.3 Å². The molecule has 1 amide bonds. The number of amides is 1. The van der Waals surface area contributed by atoms with E-state index in [1.807, 2.05) is 36.2 Å². The number of carbonyl (C=O) groups excluding carboxylic acids is 1. The second-order valence-electron chi connectivity index (χ2n) is 5.52. The Bertz CT molecular complexity index is 658. The number of rotatable bonds is 7. The normalized spacial score (nSPS) is 12.2. The first-order chi connectivity index (χ1) is 11.0. The van der Waals surface area contributed by atoms with E-state index in [0.29, 0.717) is 17.9 Å². The Kier molecular flexibility index (Phi) is 5.71. The zero-order chi connectivity index (χ0) is 16.8. The molecule has 0 aromatic heterocycles. The number of benzene rings is 2. The van der Waals surface area contributed by atoms with Crippen molar-refractivity contribution in [1.29, 1.82) is 0 Å². The largest absolute Gasteiger partial charge is 0.489 e. The lowest BCUT2D eigenvalue weighted by molar-refractivity contribution is -0.122. The average molecular weight is 316 g/mol. The molecule has 0 fully saturated rings. The van der Waals surface area contributed by atoms with Gasteiger partial charge in [-0.15, -0.1) is 0 Å². The molecule has 0 aliphatic heterocycles. The van der Waals surface area contributed by atoms with E-state index in [1.165, 1.54) is 6.07 Å². The van der Waals surface area contributed by atoms with Gasteiger partial charge in [0.05, 0.1) is 6.04 Å². The third-order valence-corrected chi connectivity index (χ3v) is 3.78. The fraction of sp³-hybridized carbons (Fsp3) is 0.278. The van der Waals surface area contributed by atoms with Gasteiger partial charge in [0.25, 0.3) is 0 Å². The van der Waals surface area contributed by atoms with Crippen molar-refractivity contribution in [3.05, 3.63) is 65.5 Å². The highest BCUT2D eigenvalue weighted by Crippen LogP contribution is 2.16. The molecule has 0 saturated carbocycles. The zero-order valence-corrected chi connectivity index (χ0v) is 13.3. The minimum Gasteiger partial charge on any atom is -0.489 e. The van der Waals surface area contributed by atoms with E-state index in [0.717, 1.165) is 5.56 Å². The zero-order valence-electron chi connectivity index (χ0n) is 13.3. The molecule has 1 unspecified atom stereocenters. The van der Waals surface area contributed by atoms with Gasteiger partial charge in [-0.2, -0.15) is 0 Å². The third-order valence-electron chi connectivity index (χ3n) is 3.78. The molecule has 0 heterocycles. The number of carbonyl (C=O) groups is 1. The number of primary amides is 1. The van der Waals surface area contributed by atoms with Crippen molar-refractivity contribution < 1.29 is 13.9 Å². The van der Waals surface area contributed by atoms with E-state index >= 15 is 0 Å². The highest BCUT2D eigenvalue weighted by molar-refractivity contribution is 5.79. The van der Waals surface area contributed by atoms with E-state index in [1.54, 1.807) is 25.1 Å². The highest BCUT2D eigenvalue weighted by Gasteiger charge is 2.14. The van der Waals surface area contributed by atoms with Crippen LogP contribution in [0, 0.1) is 5.82 Å². The summed E-state index contributed by atoms with van der Waals surface area (Å²) in [6, 6.07) is 13.7. The fourth-order valence-electron chi connectivity index (χ4n) is 2.11. The van der Waals surface area contributed by atoms with E-state index in [4.69, 9.17) is 10.5 Å². The maximum absolute atomic E-state index is 13.5. The minimum atomic E-state index is -0.350. The standard InChI is InChI=1S/C18H21FN2O2/c1-13(18(20)22)21(2)11-14-7-9-16(10-8-14)23-12-15-5-3-4-6-17(15)19/h3-10,13H,11-12H2,1-2H3,(H2,20,22). The van der Waals surface area contributed by atoms with Crippen molar-refractivity contribution >= 4 is 5.91 Å². The molecule has 2 N–H and O–H groups in total. The Hall–Kier alpha value is -2.40. The monoisotopic (exact) mass is 316 g/mol. The lowest BCUT2D eigenvalue weighted by Gasteiger charge is -2.21. The summed E-state index contributed by atoms with van der Waals surface area (Å²) in [4.78, 5) is 13.0. The molecular formula is C18H21FN2O2. The molecule has 5 heteroatoms. The van der Waals surface area contributed by atoms with Crippen LogP contribution in [0.2, 0.25) is 0 Å². The van der Waals surface area contributed by atoms with Gasteiger partial charge in [-0.05, 0) is 37.7 Å². The first-order valence-electron chi connectivity index (χ1n) is 7.42. The van der Waals surface area contributed by atoms with Gasteiger partial charge in [0, 0.05) is 12.1 Å². The summed E-state index contributed by atoms with van der Waals surface area (Å²) in [6.45, 7) is 2.57. The summed E-state index contributed by atoms with van der Waals surface area (Å²) < 4.78 is 19.1. The second-order valence-corrected chi connectivity index (χ2v) is 5.52. The summed E-state index contributed by atoms with van der Waals surface area (Å²) in [5.41, 5.74) is 6.85. The van der Waals surface area contributed by atoms with Crippen molar-refractivity contribution in [3.63, 3.8) is 0 Å². The Morgan fingerprint density at radius 2 is 1.87 bits per heavy atom. The molecule has 1 atom stereocenters. The maximum atomic E-state index is 13.5.